The van der Waals surface area contributed by atoms with Crippen LogP contribution in [-0.4, -0.2) is 5.78 Å². The molecule has 1 aliphatic rings. The van der Waals surface area contributed by atoms with Gasteiger partial charge in [-0.15, -0.1) is 34.4 Å². The zero-order chi connectivity index (χ0) is 11.7. The van der Waals surface area contributed by atoms with Crippen LogP contribution in [-0.2, 0) is 4.79 Å². The number of carbonyl (C=O) groups excluding carboxylic acids is 1. The Morgan fingerprint density at radius 3 is 1.88 bits per heavy atom. The molecule has 0 aliphatic carbocycles. The summed E-state index contributed by atoms with van der Waals surface area (Å²) in [6.45, 7) is 0. The highest BCUT2D eigenvalue weighted by molar-refractivity contribution is 8.00. The third kappa shape index (κ3) is 2.49. The summed E-state index contributed by atoms with van der Waals surface area (Å²) in [4.78, 5) is 14.5. The summed E-state index contributed by atoms with van der Waals surface area (Å²) in [7, 11) is 0. The van der Waals surface area contributed by atoms with Gasteiger partial charge in [-0.25, -0.2) is 0 Å². The molecule has 3 rings (SSSR count). The van der Waals surface area contributed by atoms with E-state index >= 15 is 0 Å². The quantitative estimate of drug-likeness (QED) is 0.794. The molecule has 2 aromatic rings. The molecule has 1 saturated heterocycles. The van der Waals surface area contributed by atoms with Crippen LogP contribution in [0.15, 0.2) is 35.0 Å². The molecule has 0 saturated carbocycles. The average molecular weight is 280 g/mol. The molecule has 0 radical (unpaired) electrons. The normalized spacial score (nSPS) is 25.1. The number of Topliss-reactive ketones (excluding diaryl/α,β-unsaturated/α-hetero) is 1. The van der Waals surface area contributed by atoms with Gasteiger partial charge in [0.15, 0.2) is 0 Å². The Balaban J connectivity index is 1.82. The van der Waals surface area contributed by atoms with Gasteiger partial charge in [-0.2, -0.15) is 0 Å². The van der Waals surface area contributed by atoms with E-state index in [0.29, 0.717) is 29.1 Å². The Labute approximate surface area is 113 Å². The minimum atomic E-state index is 0.364. The fraction of sp³-hybridized carbons (Fsp3) is 0.308. The van der Waals surface area contributed by atoms with E-state index < -0.39 is 0 Å². The minimum absolute atomic E-state index is 0.364. The lowest BCUT2D eigenvalue weighted by atomic mass is 10.1. The van der Waals surface area contributed by atoms with E-state index in [-0.39, 0.29) is 0 Å². The third-order valence-corrected chi connectivity index (χ3v) is 6.64. The summed E-state index contributed by atoms with van der Waals surface area (Å²) in [5, 5.41) is 4.91. The first kappa shape index (κ1) is 11.5. The van der Waals surface area contributed by atoms with Gasteiger partial charge < -0.3 is 0 Å². The largest absolute Gasteiger partial charge is 0.300 e. The molecule has 0 bridgehead atoms. The molecular formula is C13H12OS3. The molecule has 0 amide bonds. The van der Waals surface area contributed by atoms with Crippen LogP contribution < -0.4 is 0 Å². The van der Waals surface area contributed by atoms with E-state index in [1.54, 1.807) is 22.7 Å². The first-order valence-corrected chi connectivity index (χ1v) is 8.27. The summed E-state index contributed by atoms with van der Waals surface area (Å²) in [5.41, 5.74) is 0. The van der Waals surface area contributed by atoms with Gasteiger partial charge in [0, 0.05) is 33.1 Å². The van der Waals surface area contributed by atoms with Gasteiger partial charge in [-0.1, -0.05) is 12.1 Å². The maximum absolute atomic E-state index is 11.9. The number of hydrogen-bond acceptors (Lipinski definition) is 4. The second kappa shape index (κ2) is 4.96. The average Bonchev–Trinajstić information content (AvgIpc) is 3.02. The van der Waals surface area contributed by atoms with Gasteiger partial charge in [-0.3, -0.25) is 4.79 Å². The van der Waals surface area contributed by atoms with Crippen LogP contribution in [0.1, 0.15) is 33.1 Å². The molecule has 0 aromatic carbocycles. The Bertz CT molecular complexity index is 442. The number of thiophene rings is 2. The molecule has 0 N–H and O–H groups in total. The third-order valence-electron chi connectivity index (χ3n) is 2.88. The summed E-state index contributed by atoms with van der Waals surface area (Å²) >= 11 is 5.47. The molecule has 2 aromatic heterocycles. The first-order chi connectivity index (χ1) is 8.33. The van der Waals surface area contributed by atoms with Crippen molar-refractivity contribution in [3.8, 4) is 0 Å². The van der Waals surface area contributed by atoms with Gasteiger partial charge >= 0.3 is 0 Å². The topological polar surface area (TPSA) is 17.1 Å². The highest BCUT2D eigenvalue weighted by Gasteiger charge is 2.30. The standard InChI is InChI=1S/C13H12OS3/c14-9-7-12(10-3-1-5-15-10)17-13(8-9)11-4-2-6-16-11/h1-6,12-13H,7-8H2. The zero-order valence-electron chi connectivity index (χ0n) is 9.17. The summed E-state index contributed by atoms with van der Waals surface area (Å²) in [6.07, 6.45) is 1.40. The molecule has 4 heteroatoms. The molecule has 1 fully saturated rings. The van der Waals surface area contributed by atoms with Gasteiger partial charge in [0.2, 0.25) is 0 Å². The van der Waals surface area contributed by atoms with Crippen molar-refractivity contribution in [3.63, 3.8) is 0 Å². The van der Waals surface area contributed by atoms with Crippen LogP contribution in [0, 0.1) is 0 Å². The lowest BCUT2D eigenvalue weighted by Crippen LogP contribution is -2.14. The molecule has 88 valence electrons. The lowest BCUT2D eigenvalue weighted by molar-refractivity contribution is -0.119. The first-order valence-electron chi connectivity index (χ1n) is 5.57. The molecule has 2 unspecified atom stereocenters. The van der Waals surface area contributed by atoms with Crippen molar-refractivity contribution in [1.29, 1.82) is 0 Å². The second-order valence-electron chi connectivity index (χ2n) is 4.09. The summed E-state index contributed by atoms with van der Waals surface area (Å²) in [5.74, 6) is 0.403. The SMILES string of the molecule is O=C1CC(c2cccs2)SC(c2cccs2)C1. The second-order valence-corrected chi connectivity index (χ2v) is 7.46. The van der Waals surface area contributed by atoms with E-state index in [1.807, 2.05) is 11.8 Å². The number of thioether (sulfide) groups is 1. The van der Waals surface area contributed by atoms with Crippen LogP contribution in [0.5, 0.6) is 0 Å². The van der Waals surface area contributed by atoms with Crippen LogP contribution in [0.2, 0.25) is 0 Å². The lowest BCUT2D eigenvalue weighted by Gasteiger charge is -2.26. The smallest absolute Gasteiger partial charge is 0.135 e. The van der Waals surface area contributed by atoms with Crippen LogP contribution >= 0.6 is 34.4 Å². The number of ketones is 1. The highest BCUT2D eigenvalue weighted by atomic mass is 32.2. The Kier molecular flexibility index (Phi) is 3.36. The predicted octanol–water partition coefficient (Wildman–Crippen LogP) is 4.69. The van der Waals surface area contributed by atoms with Gasteiger partial charge in [0.05, 0.1) is 0 Å². The van der Waals surface area contributed by atoms with Crippen molar-refractivity contribution < 1.29 is 4.79 Å². The van der Waals surface area contributed by atoms with Crippen LogP contribution in [0.3, 0.4) is 0 Å². The van der Waals surface area contributed by atoms with Crippen LogP contribution in [0.4, 0.5) is 0 Å². The molecule has 17 heavy (non-hydrogen) atoms. The van der Waals surface area contributed by atoms with Crippen molar-refractivity contribution in [3.05, 3.63) is 44.8 Å². The van der Waals surface area contributed by atoms with E-state index in [9.17, 15) is 4.79 Å². The molecular weight excluding hydrogens is 268 g/mol. The van der Waals surface area contributed by atoms with Gasteiger partial charge in [0.25, 0.3) is 0 Å². The van der Waals surface area contributed by atoms with Crippen molar-refractivity contribution in [2.75, 3.05) is 0 Å². The van der Waals surface area contributed by atoms with Crippen molar-refractivity contribution in [1.82, 2.24) is 0 Å². The number of rotatable bonds is 2. The molecule has 1 aliphatic heterocycles. The Morgan fingerprint density at radius 1 is 0.941 bits per heavy atom. The van der Waals surface area contributed by atoms with Crippen molar-refractivity contribution >= 4 is 40.2 Å². The fourth-order valence-electron chi connectivity index (χ4n) is 2.08. The number of carbonyl (C=O) groups is 1. The summed E-state index contributed by atoms with van der Waals surface area (Å²) < 4.78 is 0. The predicted molar refractivity (Wildman–Crippen MR) is 76.0 cm³/mol. The maximum Gasteiger partial charge on any atom is 0.135 e. The highest BCUT2D eigenvalue weighted by Crippen LogP contribution is 2.50. The molecule has 2 atom stereocenters. The van der Waals surface area contributed by atoms with Crippen LogP contribution in [0.25, 0.3) is 0 Å². The van der Waals surface area contributed by atoms with E-state index in [2.05, 4.69) is 35.0 Å². The van der Waals surface area contributed by atoms with Crippen molar-refractivity contribution in [2.24, 2.45) is 0 Å². The van der Waals surface area contributed by atoms with E-state index in [4.69, 9.17) is 0 Å². The fourth-order valence-corrected chi connectivity index (χ4v) is 5.54. The van der Waals surface area contributed by atoms with Gasteiger partial charge in [-0.05, 0) is 22.9 Å². The minimum Gasteiger partial charge on any atom is -0.300 e. The Morgan fingerprint density at radius 2 is 1.47 bits per heavy atom. The number of hydrogen-bond donors (Lipinski definition) is 0. The van der Waals surface area contributed by atoms with Gasteiger partial charge in [0.1, 0.15) is 5.78 Å². The zero-order valence-corrected chi connectivity index (χ0v) is 11.6. The Hall–Kier alpha value is -0.580. The van der Waals surface area contributed by atoms with E-state index in [0.717, 1.165) is 0 Å². The molecule has 1 nitrogen and oxygen atoms in total. The molecule has 3 heterocycles. The maximum atomic E-state index is 11.9. The molecule has 0 spiro atoms. The van der Waals surface area contributed by atoms with Crippen molar-refractivity contribution in [2.45, 2.75) is 23.3 Å². The monoisotopic (exact) mass is 280 g/mol. The summed E-state index contributed by atoms with van der Waals surface area (Å²) in [6, 6.07) is 8.43. The van der Waals surface area contributed by atoms with E-state index in [1.165, 1.54) is 9.75 Å².